The number of carboxylic acid groups (broad SMARTS) is 1. The van der Waals surface area contributed by atoms with E-state index in [-0.39, 0.29) is 24.4 Å². The summed E-state index contributed by atoms with van der Waals surface area (Å²) in [5, 5.41) is 29.6. The van der Waals surface area contributed by atoms with E-state index in [2.05, 4.69) is 30.5 Å². The summed E-state index contributed by atoms with van der Waals surface area (Å²) in [5.41, 5.74) is 1.40. The Morgan fingerprint density at radius 2 is 2.19 bits per heavy atom. The van der Waals surface area contributed by atoms with Gasteiger partial charge < -0.3 is 15.3 Å². The quantitative estimate of drug-likeness (QED) is 0.210. The SMILES string of the molecule is CC#CCC(CS)[C@H](O)/C=C/[C@@H]1[C@H]2C/C(=C/CCCC(=O)O)C[C@H]2C[C@H]1O. The summed E-state index contributed by atoms with van der Waals surface area (Å²) in [6.07, 6.45) is 10.2. The molecule has 2 aliphatic carbocycles. The first-order chi connectivity index (χ1) is 13.0. The van der Waals surface area contributed by atoms with Crippen LogP contribution < -0.4 is 0 Å². The molecule has 2 saturated carbocycles. The Bertz CT molecular complexity index is 616. The number of carboxylic acids is 1. The highest BCUT2D eigenvalue weighted by atomic mass is 32.1. The van der Waals surface area contributed by atoms with Gasteiger partial charge in [0.1, 0.15) is 0 Å². The number of unbranched alkanes of at least 4 members (excludes halogenated alkanes) is 1. The van der Waals surface area contributed by atoms with Gasteiger partial charge in [0.2, 0.25) is 0 Å². The number of aliphatic hydroxyl groups excluding tert-OH is 2. The highest BCUT2D eigenvalue weighted by Gasteiger charge is 2.44. The number of rotatable bonds is 9. The van der Waals surface area contributed by atoms with Crippen LogP contribution in [-0.4, -0.2) is 39.2 Å². The molecule has 1 unspecified atom stereocenters. The minimum Gasteiger partial charge on any atom is -0.481 e. The van der Waals surface area contributed by atoms with E-state index in [0.29, 0.717) is 30.4 Å². The lowest BCUT2D eigenvalue weighted by molar-refractivity contribution is -0.137. The van der Waals surface area contributed by atoms with E-state index in [1.165, 1.54) is 5.57 Å². The Hall–Kier alpha value is -1.22. The van der Waals surface area contributed by atoms with Crippen molar-refractivity contribution in [2.75, 3.05) is 5.75 Å². The van der Waals surface area contributed by atoms with Crippen molar-refractivity contribution in [3.8, 4) is 11.8 Å². The Kier molecular flexibility index (Phi) is 8.95. The van der Waals surface area contributed by atoms with E-state index < -0.39 is 12.1 Å². The number of aliphatic hydroxyl groups is 2. The molecule has 0 amide bonds. The molecule has 2 rings (SSSR count). The Morgan fingerprint density at radius 3 is 2.85 bits per heavy atom. The summed E-state index contributed by atoms with van der Waals surface area (Å²) >= 11 is 4.32. The summed E-state index contributed by atoms with van der Waals surface area (Å²) in [6.45, 7) is 1.79. The first-order valence-corrected chi connectivity index (χ1v) is 10.5. The van der Waals surface area contributed by atoms with Gasteiger partial charge in [0.15, 0.2) is 0 Å². The van der Waals surface area contributed by atoms with Gasteiger partial charge in [0, 0.05) is 24.7 Å². The van der Waals surface area contributed by atoms with Crippen LogP contribution in [0.1, 0.15) is 51.9 Å². The molecule has 150 valence electrons. The van der Waals surface area contributed by atoms with Crippen LogP contribution in [0.25, 0.3) is 0 Å². The number of aliphatic carboxylic acids is 1. The standard InChI is InChI=1S/C22H32O4S/c1-2-3-7-16(14-27)20(23)10-9-18-19-12-15(6-4-5-8-22(25)26)11-17(19)13-21(18)24/h6,9-10,16-21,23-24,27H,4-5,7-8,11-14H2,1H3,(H,25,26)/b10-9+,15-6+/t16?,17-,18+,19-,20+,21+/m0/s1. The van der Waals surface area contributed by atoms with Crippen molar-refractivity contribution in [2.24, 2.45) is 23.7 Å². The van der Waals surface area contributed by atoms with Gasteiger partial charge in [-0.15, -0.1) is 11.8 Å². The molecule has 0 aliphatic heterocycles. The maximum atomic E-state index is 10.6. The Morgan fingerprint density at radius 1 is 1.41 bits per heavy atom. The summed E-state index contributed by atoms with van der Waals surface area (Å²) < 4.78 is 0. The lowest BCUT2D eigenvalue weighted by Gasteiger charge is -2.20. The molecule has 2 fully saturated rings. The van der Waals surface area contributed by atoms with Crippen molar-refractivity contribution in [1.82, 2.24) is 0 Å². The number of carbonyl (C=O) groups is 1. The maximum Gasteiger partial charge on any atom is 0.303 e. The topological polar surface area (TPSA) is 77.8 Å². The summed E-state index contributed by atoms with van der Waals surface area (Å²) in [7, 11) is 0. The highest BCUT2D eigenvalue weighted by molar-refractivity contribution is 7.80. The second-order valence-electron chi connectivity index (χ2n) is 7.81. The van der Waals surface area contributed by atoms with Crippen LogP contribution in [0.15, 0.2) is 23.8 Å². The Balaban J connectivity index is 1.92. The van der Waals surface area contributed by atoms with E-state index in [9.17, 15) is 15.0 Å². The largest absolute Gasteiger partial charge is 0.481 e. The van der Waals surface area contributed by atoms with Crippen LogP contribution in [0.5, 0.6) is 0 Å². The van der Waals surface area contributed by atoms with Gasteiger partial charge in [-0.05, 0) is 56.6 Å². The fourth-order valence-electron chi connectivity index (χ4n) is 4.42. The van der Waals surface area contributed by atoms with E-state index in [0.717, 1.165) is 25.7 Å². The van der Waals surface area contributed by atoms with Crippen molar-refractivity contribution in [2.45, 2.75) is 64.1 Å². The lowest BCUT2D eigenvalue weighted by atomic mass is 9.89. The molecule has 0 saturated heterocycles. The van der Waals surface area contributed by atoms with Crippen LogP contribution in [0.3, 0.4) is 0 Å². The number of hydrogen-bond acceptors (Lipinski definition) is 4. The van der Waals surface area contributed by atoms with Gasteiger partial charge in [0.05, 0.1) is 12.2 Å². The fourth-order valence-corrected chi connectivity index (χ4v) is 4.77. The van der Waals surface area contributed by atoms with Crippen molar-refractivity contribution in [1.29, 1.82) is 0 Å². The molecule has 0 radical (unpaired) electrons. The van der Waals surface area contributed by atoms with E-state index >= 15 is 0 Å². The van der Waals surface area contributed by atoms with Crippen LogP contribution in [0.2, 0.25) is 0 Å². The second-order valence-corrected chi connectivity index (χ2v) is 8.18. The third kappa shape index (κ3) is 6.41. The third-order valence-electron chi connectivity index (χ3n) is 5.93. The van der Waals surface area contributed by atoms with Gasteiger partial charge in [-0.1, -0.05) is 23.8 Å². The zero-order chi connectivity index (χ0) is 19.8. The highest BCUT2D eigenvalue weighted by Crippen LogP contribution is 2.50. The average molecular weight is 393 g/mol. The molecule has 3 N–H and O–H groups in total. The summed E-state index contributed by atoms with van der Waals surface area (Å²) in [6, 6.07) is 0. The molecule has 4 nitrogen and oxygen atoms in total. The molecular formula is C22H32O4S. The van der Waals surface area contributed by atoms with Crippen molar-refractivity contribution >= 4 is 18.6 Å². The summed E-state index contributed by atoms with van der Waals surface area (Å²) in [4.78, 5) is 10.6. The van der Waals surface area contributed by atoms with Gasteiger partial charge in [-0.3, -0.25) is 4.79 Å². The van der Waals surface area contributed by atoms with Crippen LogP contribution in [0, 0.1) is 35.5 Å². The molecule has 0 heterocycles. The fraction of sp³-hybridized carbons (Fsp3) is 0.682. The molecule has 0 aromatic rings. The number of fused-ring (bicyclic) bond motifs is 1. The molecule has 0 spiro atoms. The molecule has 0 bridgehead atoms. The monoisotopic (exact) mass is 392 g/mol. The molecule has 6 atom stereocenters. The second kappa shape index (κ2) is 10.9. The molecular weight excluding hydrogens is 360 g/mol. The lowest BCUT2D eigenvalue weighted by Crippen LogP contribution is -2.21. The first-order valence-electron chi connectivity index (χ1n) is 9.90. The molecule has 27 heavy (non-hydrogen) atoms. The van der Waals surface area contributed by atoms with E-state index in [1.807, 2.05) is 12.2 Å². The van der Waals surface area contributed by atoms with Crippen LogP contribution in [-0.2, 0) is 4.79 Å². The predicted molar refractivity (Wildman–Crippen MR) is 110 cm³/mol. The molecule has 0 aromatic carbocycles. The third-order valence-corrected chi connectivity index (χ3v) is 6.40. The predicted octanol–water partition coefficient (Wildman–Crippen LogP) is 3.45. The maximum absolute atomic E-state index is 10.6. The van der Waals surface area contributed by atoms with E-state index in [1.54, 1.807) is 6.92 Å². The minimum atomic E-state index is -0.743. The number of allylic oxidation sites excluding steroid dienone is 2. The number of thiol groups is 1. The van der Waals surface area contributed by atoms with E-state index in [4.69, 9.17) is 5.11 Å². The van der Waals surface area contributed by atoms with Gasteiger partial charge in [-0.25, -0.2) is 0 Å². The van der Waals surface area contributed by atoms with Gasteiger partial charge in [0.25, 0.3) is 0 Å². The summed E-state index contributed by atoms with van der Waals surface area (Å²) in [5.74, 6) is 6.67. The zero-order valence-electron chi connectivity index (χ0n) is 16.1. The Labute approximate surface area is 168 Å². The molecule has 2 aliphatic rings. The number of hydrogen-bond donors (Lipinski definition) is 4. The zero-order valence-corrected chi connectivity index (χ0v) is 16.9. The minimum absolute atomic E-state index is 0.000327. The average Bonchev–Trinajstić information content (AvgIpc) is 3.14. The van der Waals surface area contributed by atoms with Gasteiger partial charge >= 0.3 is 5.97 Å². The van der Waals surface area contributed by atoms with Crippen molar-refractivity contribution in [3.63, 3.8) is 0 Å². The van der Waals surface area contributed by atoms with Crippen LogP contribution in [0.4, 0.5) is 0 Å². The van der Waals surface area contributed by atoms with Crippen LogP contribution >= 0.6 is 12.6 Å². The first kappa shape index (κ1) is 22.1. The normalized spacial score (nSPS) is 30.9. The van der Waals surface area contributed by atoms with Crippen molar-refractivity contribution in [3.05, 3.63) is 23.8 Å². The van der Waals surface area contributed by atoms with Gasteiger partial charge in [-0.2, -0.15) is 12.6 Å². The van der Waals surface area contributed by atoms with Crippen molar-refractivity contribution < 1.29 is 20.1 Å². The smallest absolute Gasteiger partial charge is 0.303 e. The molecule has 5 heteroatoms. The molecule has 0 aromatic heterocycles.